The van der Waals surface area contributed by atoms with Gasteiger partial charge in [-0.2, -0.15) is 0 Å². The largest absolute Gasteiger partial charge is 0.391 e. The van der Waals surface area contributed by atoms with E-state index in [-0.39, 0.29) is 29.7 Å². The maximum absolute atomic E-state index is 13.0. The molecule has 0 radical (unpaired) electrons. The molecule has 0 aliphatic heterocycles. The zero-order valence-corrected chi connectivity index (χ0v) is 14.9. The lowest BCUT2D eigenvalue weighted by atomic mass is 9.81. The SMILES string of the molecule is O=[N+]([O-])c1ccc([C@@H]2CCCC/C2=N\OCc2ccc(F)cc2)c([N+](=O)[O-])c1. The van der Waals surface area contributed by atoms with E-state index in [0.717, 1.165) is 24.5 Å². The van der Waals surface area contributed by atoms with Crippen LogP contribution in [-0.2, 0) is 11.4 Å². The molecule has 1 atom stereocenters. The van der Waals surface area contributed by atoms with Gasteiger partial charge in [0.2, 0.25) is 0 Å². The Kier molecular flexibility index (Phi) is 5.93. The van der Waals surface area contributed by atoms with Crippen molar-refractivity contribution in [2.45, 2.75) is 38.2 Å². The quantitative estimate of drug-likeness (QED) is 0.519. The minimum atomic E-state index is -0.654. The van der Waals surface area contributed by atoms with Crippen LogP contribution in [0.15, 0.2) is 47.6 Å². The maximum Gasteiger partial charge on any atom is 0.280 e. The molecule has 2 aromatic carbocycles. The van der Waals surface area contributed by atoms with Crippen molar-refractivity contribution in [3.8, 4) is 0 Å². The highest BCUT2D eigenvalue weighted by atomic mass is 19.1. The molecule has 0 bridgehead atoms. The van der Waals surface area contributed by atoms with Gasteiger partial charge in [-0.15, -0.1) is 0 Å². The molecular weight excluding hydrogens is 369 g/mol. The third-order valence-electron chi connectivity index (χ3n) is 4.70. The molecule has 1 aliphatic carbocycles. The van der Waals surface area contributed by atoms with Crippen LogP contribution in [0.1, 0.15) is 42.7 Å². The first-order valence-electron chi connectivity index (χ1n) is 8.81. The molecule has 9 heteroatoms. The summed E-state index contributed by atoms with van der Waals surface area (Å²) in [4.78, 5) is 26.5. The average Bonchev–Trinajstić information content (AvgIpc) is 2.69. The monoisotopic (exact) mass is 387 g/mol. The van der Waals surface area contributed by atoms with Gasteiger partial charge in [0.15, 0.2) is 0 Å². The molecule has 8 nitrogen and oxygen atoms in total. The number of nitro benzene ring substituents is 2. The summed E-state index contributed by atoms with van der Waals surface area (Å²) in [7, 11) is 0. The first-order chi connectivity index (χ1) is 13.5. The highest BCUT2D eigenvalue weighted by Gasteiger charge is 2.30. The first kappa shape index (κ1) is 19.4. The van der Waals surface area contributed by atoms with Crippen molar-refractivity contribution >= 4 is 17.1 Å². The van der Waals surface area contributed by atoms with Gasteiger partial charge in [0.05, 0.1) is 21.6 Å². The molecule has 3 rings (SSSR count). The number of oxime groups is 1. The molecule has 28 heavy (non-hydrogen) atoms. The lowest BCUT2D eigenvalue weighted by Crippen LogP contribution is -2.19. The molecular formula is C19H18FN3O5. The lowest BCUT2D eigenvalue weighted by molar-refractivity contribution is -0.394. The van der Waals surface area contributed by atoms with E-state index in [9.17, 15) is 24.6 Å². The zero-order valence-electron chi connectivity index (χ0n) is 14.9. The molecule has 0 unspecified atom stereocenters. The van der Waals surface area contributed by atoms with Crippen molar-refractivity contribution in [1.82, 2.24) is 0 Å². The second kappa shape index (κ2) is 8.55. The Morgan fingerprint density at radius 1 is 1.07 bits per heavy atom. The molecule has 0 heterocycles. The fourth-order valence-corrected chi connectivity index (χ4v) is 3.31. The van der Waals surface area contributed by atoms with E-state index in [1.165, 1.54) is 24.3 Å². The predicted molar refractivity (Wildman–Crippen MR) is 99.6 cm³/mol. The standard InChI is InChI=1S/C19H18FN3O5/c20-14-7-5-13(6-8-14)12-28-21-18-4-2-1-3-16(18)17-10-9-15(22(24)25)11-19(17)23(26)27/h5-11,16H,1-4,12H2/b21-18+/t16-/m0/s1. The van der Waals surface area contributed by atoms with Crippen molar-refractivity contribution < 1.29 is 19.1 Å². The van der Waals surface area contributed by atoms with Crippen LogP contribution in [0.5, 0.6) is 0 Å². The van der Waals surface area contributed by atoms with Crippen LogP contribution < -0.4 is 0 Å². The van der Waals surface area contributed by atoms with E-state index < -0.39 is 9.85 Å². The predicted octanol–water partition coefficient (Wildman–Crippen LogP) is 4.87. The number of hydrogen-bond donors (Lipinski definition) is 0. The average molecular weight is 387 g/mol. The Balaban J connectivity index is 1.83. The molecule has 0 saturated heterocycles. The van der Waals surface area contributed by atoms with Gasteiger partial charge in [0.1, 0.15) is 12.4 Å². The van der Waals surface area contributed by atoms with Crippen LogP contribution in [0.3, 0.4) is 0 Å². The first-order valence-corrected chi connectivity index (χ1v) is 8.81. The fourth-order valence-electron chi connectivity index (χ4n) is 3.31. The van der Waals surface area contributed by atoms with Gasteiger partial charge < -0.3 is 4.84 Å². The van der Waals surface area contributed by atoms with Gasteiger partial charge in [0.25, 0.3) is 11.4 Å². The summed E-state index contributed by atoms with van der Waals surface area (Å²) in [6.07, 6.45) is 3.03. The van der Waals surface area contributed by atoms with Gasteiger partial charge in [-0.25, -0.2) is 4.39 Å². The minimum Gasteiger partial charge on any atom is -0.391 e. The van der Waals surface area contributed by atoms with Gasteiger partial charge in [-0.1, -0.05) is 23.7 Å². The second-order valence-corrected chi connectivity index (χ2v) is 6.54. The number of rotatable bonds is 6. The number of nitrogens with zero attached hydrogens (tertiary/aromatic N) is 3. The highest BCUT2D eigenvalue weighted by molar-refractivity contribution is 5.92. The number of benzene rings is 2. The summed E-state index contributed by atoms with van der Waals surface area (Å²) in [6, 6.07) is 9.53. The number of halogens is 1. The number of hydrogen-bond acceptors (Lipinski definition) is 6. The number of non-ortho nitro benzene ring substituents is 1. The Labute approximate surface area is 159 Å². The van der Waals surface area contributed by atoms with E-state index in [1.807, 2.05) is 0 Å². The van der Waals surface area contributed by atoms with E-state index >= 15 is 0 Å². The summed E-state index contributed by atoms with van der Waals surface area (Å²) >= 11 is 0. The summed E-state index contributed by atoms with van der Waals surface area (Å²) in [6.45, 7) is 0.152. The molecule has 0 N–H and O–H groups in total. The van der Waals surface area contributed by atoms with Crippen molar-refractivity contribution in [2.24, 2.45) is 5.16 Å². The Morgan fingerprint density at radius 2 is 1.82 bits per heavy atom. The van der Waals surface area contributed by atoms with E-state index in [2.05, 4.69) is 5.16 Å². The third-order valence-corrected chi connectivity index (χ3v) is 4.70. The normalized spacial score (nSPS) is 18.0. The van der Waals surface area contributed by atoms with E-state index in [1.54, 1.807) is 12.1 Å². The Bertz CT molecular complexity index is 914. The van der Waals surface area contributed by atoms with Crippen molar-refractivity contribution in [1.29, 1.82) is 0 Å². The molecule has 2 aromatic rings. The Hall–Kier alpha value is -3.36. The van der Waals surface area contributed by atoms with Gasteiger partial charge in [-0.05, 0) is 43.0 Å². The van der Waals surface area contributed by atoms with Crippen molar-refractivity contribution in [2.75, 3.05) is 0 Å². The third kappa shape index (κ3) is 4.48. The summed E-state index contributed by atoms with van der Waals surface area (Å²) in [5.41, 5.74) is 1.22. The Morgan fingerprint density at radius 3 is 2.50 bits per heavy atom. The minimum absolute atomic E-state index is 0.152. The highest BCUT2D eigenvalue weighted by Crippen LogP contribution is 2.37. The van der Waals surface area contributed by atoms with Crippen LogP contribution in [0, 0.1) is 26.0 Å². The maximum atomic E-state index is 13.0. The van der Waals surface area contributed by atoms with Crippen molar-refractivity contribution in [3.63, 3.8) is 0 Å². The van der Waals surface area contributed by atoms with Crippen LogP contribution >= 0.6 is 0 Å². The molecule has 1 fully saturated rings. The summed E-state index contributed by atoms with van der Waals surface area (Å²) in [5, 5.41) is 26.6. The number of nitro groups is 2. The molecule has 1 aliphatic rings. The van der Waals surface area contributed by atoms with Crippen molar-refractivity contribution in [3.05, 3.63) is 79.6 Å². The van der Waals surface area contributed by atoms with Crippen LogP contribution in [0.4, 0.5) is 15.8 Å². The molecule has 0 spiro atoms. The van der Waals surface area contributed by atoms with Gasteiger partial charge >= 0.3 is 0 Å². The van der Waals surface area contributed by atoms with Crippen LogP contribution in [0.2, 0.25) is 0 Å². The van der Waals surface area contributed by atoms with Crippen LogP contribution in [-0.4, -0.2) is 15.6 Å². The fraction of sp³-hybridized carbons (Fsp3) is 0.316. The van der Waals surface area contributed by atoms with Gasteiger partial charge in [-0.3, -0.25) is 20.2 Å². The smallest absolute Gasteiger partial charge is 0.280 e. The topological polar surface area (TPSA) is 108 Å². The zero-order chi connectivity index (χ0) is 20.1. The second-order valence-electron chi connectivity index (χ2n) is 6.54. The lowest BCUT2D eigenvalue weighted by Gasteiger charge is -2.23. The summed E-state index contributed by atoms with van der Waals surface area (Å²) in [5.74, 6) is -0.670. The van der Waals surface area contributed by atoms with E-state index in [4.69, 9.17) is 4.84 Å². The molecule has 1 saturated carbocycles. The molecule has 0 aromatic heterocycles. The molecule has 0 amide bonds. The summed E-state index contributed by atoms with van der Waals surface area (Å²) < 4.78 is 13.0. The van der Waals surface area contributed by atoms with Crippen LogP contribution in [0.25, 0.3) is 0 Å². The molecule has 146 valence electrons. The van der Waals surface area contributed by atoms with Gasteiger partial charge in [0, 0.05) is 17.5 Å². The van der Waals surface area contributed by atoms with E-state index in [0.29, 0.717) is 24.1 Å².